The molecule has 0 fully saturated rings. The second kappa shape index (κ2) is 4.75. The van der Waals surface area contributed by atoms with Crippen LogP contribution in [-0.4, -0.2) is 23.4 Å². The van der Waals surface area contributed by atoms with Gasteiger partial charge in [0.05, 0.1) is 11.7 Å². The molecule has 17 heavy (non-hydrogen) atoms. The Morgan fingerprint density at radius 2 is 2.24 bits per heavy atom. The Morgan fingerprint density at radius 1 is 1.53 bits per heavy atom. The molecular formula is C12H13Cl2NO2. The van der Waals surface area contributed by atoms with Gasteiger partial charge in [0.15, 0.2) is 4.84 Å². The lowest BCUT2D eigenvalue weighted by Crippen LogP contribution is -2.47. The molecule has 0 spiro atoms. The molecule has 1 aromatic carbocycles. The number of aryl methyl sites for hydroxylation is 1. The fourth-order valence-corrected chi connectivity index (χ4v) is 2.18. The lowest BCUT2D eigenvalue weighted by Gasteiger charge is -2.36. The zero-order chi connectivity index (χ0) is 12.6. The van der Waals surface area contributed by atoms with Gasteiger partial charge in [-0.15, -0.1) is 0 Å². The van der Waals surface area contributed by atoms with Gasteiger partial charge in [0.2, 0.25) is 0 Å². The Bertz CT molecular complexity index is 448. The van der Waals surface area contributed by atoms with Crippen LogP contribution in [0, 0.1) is 6.92 Å². The molecule has 2 rings (SSSR count). The number of alkyl halides is 2. The molecule has 0 N–H and O–H groups in total. The number of rotatable bonds is 1. The van der Waals surface area contributed by atoms with E-state index in [1.165, 1.54) is 0 Å². The van der Waals surface area contributed by atoms with Crippen LogP contribution in [0.4, 0.5) is 5.69 Å². The van der Waals surface area contributed by atoms with Crippen LogP contribution >= 0.6 is 23.2 Å². The van der Waals surface area contributed by atoms with Crippen molar-refractivity contribution in [2.45, 2.75) is 24.7 Å². The number of halogens is 2. The topological polar surface area (TPSA) is 29.5 Å². The molecule has 92 valence electrons. The lowest BCUT2D eigenvalue weighted by atomic mass is 10.1. The zero-order valence-electron chi connectivity index (χ0n) is 9.61. The second-order valence-corrected chi connectivity index (χ2v) is 5.19. The summed E-state index contributed by atoms with van der Waals surface area (Å²) in [4.78, 5) is 12.5. The molecule has 1 amide bonds. The van der Waals surface area contributed by atoms with Crippen molar-refractivity contribution in [1.29, 1.82) is 0 Å². The van der Waals surface area contributed by atoms with Crippen molar-refractivity contribution >= 4 is 34.8 Å². The van der Waals surface area contributed by atoms with Crippen molar-refractivity contribution in [3.05, 3.63) is 23.8 Å². The van der Waals surface area contributed by atoms with Crippen LogP contribution in [0.15, 0.2) is 18.2 Å². The number of hydrogen-bond donors (Lipinski definition) is 0. The molecule has 1 heterocycles. The van der Waals surface area contributed by atoms with E-state index in [4.69, 9.17) is 27.9 Å². The number of carbonyl (C=O) groups excluding carboxylic acids is 1. The summed E-state index contributed by atoms with van der Waals surface area (Å²) < 4.78 is 5.65. The SMILES string of the molecule is Cc1cccc2c1OCC(C)N2C(=O)C(Cl)Cl. The maximum Gasteiger partial charge on any atom is 0.260 e. The predicted octanol–water partition coefficient (Wildman–Crippen LogP) is 2.91. The number of nitrogens with zero attached hydrogens (tertiary/aromatic N) is 1. The summed E-state index contributed by atoms with van der Waals surface area (Å²) in [6.45, 7) is 4.29. The average Bonchev–Trinajstić information content (AvgIpc) is 2.28. The number of benzene rings is 1. The second-order valence-electron chi connectivity index (χ2n) is 4.09. The first-order valence-corrected chi connectivity index (χ1v) is 6.23. The van der Waals surface area contributed by atoms with Crippen molar-refractivity contribution in [3.8, 4) is 5.75 Å². The predicted molar refractivity (Wildman–Crippen MR) is 69.1 cm³/mol. The van der Waals surface area contributed by atoms with Crippen molar-refractivity contribution < 1.29 is 9.53 Å². The Morgan fingerprint density at radius 3 is 2.88 bits per heavy atom. The Labute approximate surface area is 110 Å². The minimum Gasteiger partial charge on any atom is -0.489 e. The highest BCUT2D eigenvalue weighted by atomic mass is 35.5. The molecule has 1 atom stereocenters. The van der Waals surface area contributed by atoms with E-state index in [0.29, 0.717) is 6.61 Å². The standard InChI is InChI=1S/C12H13Cl2NO2/c1-7-4-3-5-9-10(7)17-6-8(2)15(9)12(16)11(13)14/h3-5,8,11H,6H2,1-2H3. The van der Waals surface area contributed by atoms with Crippen LogP contribution in [0.1, 0.15) is 12.5 Å². The first kappa shape index (κ1) is 12.5. The normalized spacial score (nSPS) is 18.9. The van der Waals surface area contributed by atoms with Gasteiger partial charge in [0, 0.05) is 0 Å². The number of para-hydroxylation sites is 1. The highest BCUT2D eigenvalue weighted by Crippen LogP contribution is 2.37. The molecule has 1 unspecified atom stereocenters. The van der Waals surface area contributed by atoms with Gasteiger partial charge in [-0.25, -0.2) is 0 Å². The van der Waals surface area contributed by atoms with Gasteiger partial charge in [-0.3, -0.25) is 4.79 Å². The summed E-state index contributed by atoms with van der Waals surface area (Å²) in [6, 6.07) is 5.59. The van der Waals surface area contributed by atoms with Crippen LogP contribution in [0.25, 0.3) is 0 Å². The smallest absolute Gasteiger partial charge is 0.260 e. The van der Waals surface area contributed by atoms with E-state index in [1.54, 1.807) is 4.90 Å². The summed E-state index contributed by atoms with van der Waals surface area (Å²) in [5, 5.41) is 0. The fraction of sp³-hybridized carbons (Fsp3) is 0.417. The van der Waals surface area contributed by atoms with Gasteiger partial charge in [-0.2, -0.15) is 0 Å². The van der Waals surface area contributed by atoms with Crippen molar-refractivity contribution in [1.82, 2.24) is 0 Å². The van der Waals surface area contributed by atoms with E-state index in [9.17, 15) is 4.79 Å². The van der Waals surface area contributed by atoms with Gasteiger partial charge in [0.25, 0.3) is 5.91 Å². The summed E-state index contributed by atoms with van der Waals surface area (Å²) in [7, 11) is 0. The quantitative estimate of drug-likeness (QED) is 0.737. The fourth-order valence-electron chi connectivity index (χ4n) is 1.97. The molecule has 5 heteroatoms. The Kier molecular flexibility index (Phi) is 3.50. The first-order valence-electron chi connectivity index (χ1n) is 5.36. The summed E-state index contributed by atoms with van der Waals surface area (Å²) in [5.74, 6) is 0.420. The molecule has 0 saturated heterocycles. The minimum absolute atomic E-state index is 0.0724. The highest BCUT2D eigenvalue weighted by Gasteiger charge is 2.32. The van der Waals surface area contributed by atoms with E-state index in [0.717, 1.165) is 17.0 Å². The first-order chi connectivity index (χ1) is 8.02. The molecule has 0 radical (unpaired) electrons. The van der Waals surface area contributed by atoms with Gasteiger partial charge in [-0.1, -0.05) is 35.3 Å². The Hall–Kier alpha value is -0.930. The van der Waals surface area contributed by atoms with E-state index in [-0.39, 0.29) is 11.9 Å². The third-order valence-electron chi connectivity index (χ3n) is 2.78. The molecule has 0 aromatic heterocycles. The third-order valence-corrected chi connectivity index (χ3v) is 3.16. The van der Waals surface area contributed by atoms with Crippen molar-refractivity contribution in [2.24, 2.45) is 0 Å². The number of amides is 1. The molecule has 0 saturated carbocycles. The third kappa shape index (κ3) is 2.22. The van der Waals surface area contributed by atoms with Crippen molar-refractivity contribution in [2.75, 3.05) is 11.5 Å². The molecular weight excluding hydrogens is 261 g/mol. The number of carbonyl (C=O) groups is 1. The molecule has 0 aliphatic carbocycles. The molecule has 0 bridgehead atoms. The van der Waals surface area contributed by atoms with E-state index < -0.39 is 4.84 Å². The van der Waals surface area contributed by atoms with Crippen LogP contribution in [-0.2, 0) is 4.79 Å². The van der Waals surface area contributed by atoms with Gasteiger partial charge < -0.3 is 9.64 Å². The van der Waals surface area contributed by atoms with E-state index in [2.05, 4.69) is 0 Å². The summed E-state index contributed by atoms with van der Waals surface area (Å²) >= 11 is 11.3. The van der Waals surface area contributed by atoms with Crippen LogP contribution < -0.4 is 9.64 Å². The number of fused-ring (bicyclic) bond motifs is 1. The van der Waals surface area contributed by atoms with Crippen LogP contribution in [0.3, 0.4) is 0 Å². The number of anilines is 1. The zero-order valence-corrected chi connectivity index (χ0v) is 11.1. The van der Waals surface area contributed by atoms with Crippen LogP contribution in [0.5, 0.6) is 5.75 Å². The van der Waals surface area contributed by atoms with Crippen LogP contribution in [0.2, 0.25) is 0 Å². The van der Waals surface area contributed by atoms with E-state index in [1.807, 2.05) is 32.0 Å². The van der Waals surface area contributed by atoms with E-state index >= 15 is 0 Å². The largest absolute Gasteiger partial charge is 0.489 e. The monoisotopic (exact) mass is 273 g/mol. The van der Waals surface area contributed by atoms with Gasteiger partial charge >= 0.3 is 0 Å². The molecule has 1 aromatic rings. The number of ether oxygens (including phenoxy) is 1. The average molecular weight is 274 g/mol. The lowest BCUT2D eigenvalue weighted by molar-refractivity contribution is -0.117. The van der Waals surface area contributed by atoms with Crippen molar-refractivity contribution in [3.63, 3.8) is 0 Å². The van der Waals surface area contributed by atoms with Gasteiger partial charge in [0.1, 0.15) is 12.4 Å². The Balaban J connectivity index is 2.47. The highest BCUT2D eigenvalue weighted by molar-refractivity contribution is 6.54. The maximum absolute atomic E-state index is 12.0. The van der Waals surface area contributed by atoms with Gasteiger partial charge in [-0.05, 0) is 25.5 Å². The minimum atomic E-state index is -1.05. The summed E-state index contributed by atoms with van der Waals surface area (Å²) in [5.41, 5.74) is 1.73. The summed E-state index contributed by atoms with van der Waals surface area (Å²) in [6.07, 6.45) is 0. The molecule has 1 aliphatic rings. The molecule has 3 nitrogen and oxygen atoms in total. The molecule has 1 aliphatic heterocycles. The number of hydrogen-bond acceptors (Lipinski definition) is 2. The maximum atomic E-state index is 12.0.